The van der Waals surface area contributed by atoms with E-state index in [2.05, 4.69) is 23.6 Å². The van der Waals surface area contributed by atoms with Crippen molar-refractivity contribution in [3.05, 3.63) is 29.6 Å². The average Bonchev–Trinajstić information content (AvgIpc) is 2.89. The van der Waals surface area contributed by atoms with Crippen LogP contribution in [0, 0.1) is 5.82 Å². The number of nitrogens with two attached hydrogens (primary N) is 1. The van der Waals surface area contributed by atoms with Crippen LogP contribution >= 0.6 is 0 Å². The smallest absolute Gasteiger partial charge is 0.123 e. The zero-order valence-corrected chi connectivity index (χ0v) is 12.8. The van der Waals surface area contributed by atoms with Crippen LogP contribution in [0.15, 0.2) is 18.2 Å². The van der Waals surface area contributed by atoms with E-state index < -0.39 is 0 Å². The van der Waals surface area contributed by atoms with Crippen LogP contribution in [-0.4, -0.2) is 37.1 Å². The lowest BCUT2D eigenvalue weighted by Gasteiger charge is -2.28. The normalized spacial score (nSPS) is 20.7. The van der Waals surface area contributed by atoms with Gasteiger partial charge in [-0.2, -0.15) is 0 Å². The van der Waals surface area contributed by atoms with Crippen LogP contribution in [0.25, 0.3) is 0 Å². The topological polar surface area (TPSA) is 32.5 Å². The number of likely N-dealkylation sites (N-methyl/N-ethyl adjacent to an activating group) is 1. The monoisotopic (exact) mass is 279 g/mol. The minimum Gasteiger partial charge on any atom is -0.370 e. The molecule has 1 aliphatic heterocycles. The van der Waals surface area contributed by atoms with E-state index in [9.17, 15) is 4.39 Å². The third-order valence-corrected chi connectivity index (χ3v) is 4.31. The molecule has 1 fully saturated rings. The van der Waals surface area contributed by atoms with Gasteiger partial charge in [0.25, 0.3) is 0 Å². The number of anilines is 1. The number of rotatable bonds is 5. The second-order valence-electron chi connectivity index (χ2n) is 5.60. The Hall–Kier alpha value is -1.13. The summed E-state index contributed by atoms with van der Waals surface area (Å²) in [5, 5.41) is 0. The van der Waals surface area contributed by atoms with Crippen molar-refractivity contribution in [2.75, 3.05) is 31.1 Å². The minimum atomic E-state index is -0.208. The van der Waals surface area contributed by atoms with Gasteiger partial charge in [-0.3, -0.25) is 4.90 Å². The maximum atomic E-state index is 13.4. The molecule has 2 atom stereocenters. The molecule has 0 bridgehead atoms. The molecule has 1 aromatic rings. The molecule has 1 aromatic carbocycles. The average molecular weight is 279 g/mol. The number of halogens is 1. The fourth-order valence-corrected chi connectivity index (χ4v) is 3.18. The number of nitrogens with zero attached hydrogens (tertiary/aromatic N) is 2. The second-order valence-corrected chi connectivity index (χ2v) is 5.60. The van der Waals surface area contributed by atoms with E-state index in [1.54, 1.807) is 6.07 Å². The Labute approximate surface area is 121 Å². The summed E-state index contributed by atoms with van der Waals surface area (Å²) in [4.78, 5) is 4.84. The van der Waals surface area contributed by atoms with Crippen molar-refractivity contribution in [3.63, 3.8) is 0 Å². The summed E-state index contributed by atoms with van der Waals surface area (Å²) < 4.78 is 13.4. The molecule has 2 rings (SSSR count). The Kier molecular flexibility index (Phi) is 5.00. The highest BCUT2D eigenvalue weighted by atomic mass is 19.1. The second kappa shape index (κ2) is 6.55. The first-order chi connectivity index (χ1) is 9.56. The maximum Gasteiger partial charge on any atom is 0.123 e. The highest BCUT2D eigenvalue weighted by Gasteiger charge is 2.27. The molecule has 112 valence electrons. The van der Waals surface area contributed by atoms with Crippen LogP contribution in [0.2, 0.25) is 0 Å². The first-order valence-electron chi connectivity index (χ1n) is 7.60. The summed E-state index contributed by atoms with van der Waals surface area (Å²) in [6.45, 7) is 10.5. The predicted octanol–water partition coefficient (Wildman–Crippen LogP) is 2.77. The molecule has 0 amide bonds. The summed E-state index contributed by atoms with van der Waals surface area (Å²) in [7, 11) is 0. The van der Waals surface area contributed by atoms with E-state index >= 15 is 0 Å². The molecule has 20 heavy (non-hydrogen) atoms. The van der Waals surface area contributed by atoms with Gasteiger partial charge < -0.3 is 10.6 Å². The zero-order valence-electron chi connectivity index (χ0n) is 12.8. The van der Waals surface area contributed by atoms with Crippen molar-refractivity contribution in [3.8, 4) is 0 Å². The molecule has 0 saturated carbocycles. The largest absolute Gasteiger partial charge is 0.370 e. The third kappa shape index (κ3) is 3.13. The van der Waals surface area contributed by atoms with E-state index in [0.29, 0.717) is 6.04 Å². The molecule has 1 saturated heterocycles. The highest BCUT2D eigenvalue weighted by Crippen LogP contribution is 2.30. The van der Waals surface area contributed by atoms with Gasteiger partial charge in [0.05, 0.1) is 0 Å². The summed E-state index contributed by atoms with van der Waals surface area (Å²) in [6, 6.07) is 5.43. The Morgan fingerprint density at radius 2 is 2.10 bits per heavy atom. The molecule has 1 aliphatic rings. The first kappa shape index (κ1) is 15.3. The Balaban J connectivity index is 2.18. The fourth-order valence-electron chi connectivity index (χ4n) is 3.18. The van der Waals surface area contributed by atoms with Gasteiger partial charge in [0.1, 0.15) is 5.82 Å². The van der Waals surface area contributed by atoms with Crippen molar-refractivity contribution < 1.29 is 4.39 Å². The van der Waals surface area contributed by atoms with Crippen molar-refractivity contribution in [1.29, 1.82) is 0 Å². The standard InChI is InChI=1S/C16H26FN3/c1-4-19(5-2)14-8-9-20(11-14)16-7-6-13(17)10-15(16)12(3)18/h6-7,10,12,14H,4-5,8-9,11,18H2,1-3H3/t12-,14?/m0/s1. The van der Waals surface area contributed by atoms with E-state index in [-0.39, 0.29) is 11.9 Å². The highest BCUT2D eigenvalue weighted by molar-refractivity contribution is 5.56. The number of hydrogen-bond donors (Lipinski definition) is 1. The first-order valence-corrected chi connectivity index (χ1v) is 7.60. The lowest BCUT2D eigenvalue weighted by Crippen LogP contribution is -2.37. The summed E-state index contributed by atoms with van der Waals surface area (Å²) in [5.74, 6) is -0.208. The Bertz CT molecular complexity index is 443. The molecule has 0 radical (unpaired) electrons. The lowest BCUT2D eigenvalue weighted by molar-refractivity contribution is 0.232. The summed E-state index contributed by atoms with van der Waals surface area (Å²) >= 11 is 0. The predicted molar refractivity (Wildman–Crippen MR) is 82.5 cm³/mol. The fraction of sp³-hybridized carbons (Fsp3) is 0.625. The van der Waals surface area contributed by atoms with Crippen LogP contribution in [0.3, 0.4) is 0 Å². The molecule has 0 aromatic heterocycles. The molecule has 0 spiro atoms. The van der Waals surface area contributed by atoms with Crippen LogP contribution in [-0.2, 0) is 0 Å². The van der Waals surface area contributed by atoms with E-state index in [0.717, 1.165) is 43.9 Å². The quantitative estimate of drug-likeness (QED) is 0.899. The number of hydrogen-bond acceptors (Lipinski definition) is 3. The molecular formula is C16H26FN3. The van der Waals surface area contributed by atoms with Gasteiger partial charge in [-0.15, -0.1) is 0 Å². The molecular weight excluding hydrogens is 253 g/mol. The molecule has 1 unspecified atom stereocenters. The summed E-state index contributed by atoms with van der Waals surface area (Å²) in [6.07, 6.45) is 1.16. The van der Waals surface area contributed by atoms with Gasteiger partial charge in [0, 0.05) is 30.9 Å². The maximum absolute atomic E-state index is 13.4. The van der Waals surface area contributed by atoms with Gasteiger partial charge in [-0.05, 0) is 50.2 Å². The molecule has 0 aliphatic carbocycles. The van der Waals surface area contributed by atoms with Crippen LogP contribution in [0.1, 0.15) is 38.8 Å². The van der Waals surface area contributed by atoms with Gasteiger partial charge in [-0.1, -0.05) is 13.8 Å². The Morgan fingerprint density at radius 1 is 1.40 bits per heavy atom. The van der Waals surface area contributed by atoms with Crippen LogP contribution < -0.4 is 10.6 Å². The Morgan fingerprint density at radius 3 is 2.70 bits per heavy atom. The van der Waals surface area contributed by atoms with Gasteiger partial charge in [0.2, 0.25) is 0 Å². The van der Waals surface area contributed by atoms with Crippen LogP contribution in [0.5, 0.6) is 0 Å². The van der Waals surface area contributed by atoms with Gasteiger partial charge in [-0.25, -0.2) is 4.39 Å². The van der Waals surface area contributed by atoms with E-state index in [1.807, 2.05) is 13.0 Å². The molecule has 2 N–H and O–H groups in total. The van der Waals surface area contributed by atoms with Crippen molar-refractivity contribution in [1.82, 2.24) is 4.90 Å². The molecule has 4 heteroatoms. The van der Waals surface area contributed by atoms with Gasteiger partial charge >= 0.3 is 0 Å². The lowest BCUT2D eigenvalue weighted by atomic mass is 10.1. The van der Waals surface area contributed by atoms with Crippen LogP contribution in [0.4, 0.5) is 10.1 Å². The van der Waals surface area contributed by atoms with Gasteiger partial charge in [0.15, 0.2) is 0 Å². The third-order valence-electron chi connectivity index (χ3n) is 4.31. The van der Waals surface area contributed by atoms with E-state index in [1.165, 1.54) is 6.07 Å². The van der Waals surface area contributed by atoms with Crippen molar-refractivity contribution in [2.45, 2.75) is 39.3 Å². The van der Waals surface area contributed by atoms with E-state index in [4.69, 9.17) is 5.73 Å². The van der Waals surface area contributed by atoms with Crippen molar-refractivity contribution >= 4 is 5.69 Å². The van der Waals surface area contributed by atoms with Crippen molar-refractivity contribution in [2.24, 2.45) is 5.73 Å². The summed E-state index contributed by atoms with van der Waals surface area (Å²) in [5.41, 5.74) is 8.00. The molecule has 3 nitrogen and oxygen atoms in total. The SMILES string of the molecule is CCN(CC)C1CCN(c2ccc(F)cc2[C@H](C)N)C1. The molecule has 1 heterocycles. The number of benzene rings is 1. The minimum absolute atomic E-state index is 0.145. The zero-order chi connectivity index (χ0) is 14.7.